The minimum absolute atomic E-state index is 0.00283. The first-order chi connectivity index (χ1) is 17.4. The number of fused-ring (bicyclic) bond motifs is 9. The first kappa shape index (κ1) is 21.5. The molecule has 7 rings (SSSR count). The minimum Gasteiger partial charge on any atom is -0.321 e. The third kappa shape index (κ3) is 3.18. The van der Waals surface area contributed by atoms with E-state index < -0.39 is 0 Å². The number of likely N-dealkylation sites (tertiary alicyclic amines) is 1. The molecule has 2 bridgehead atoms. The fraction of sp³-hybridized carbons (Fsp3) is 0.323. The Kier molecular flexibility index (Phi) is 4.57. The molecule has 2 fully saturated rings. The first-order valence-corrected chi connectivity index (χ1v) is 13.0. The molecule has 3 atom stereocenters. The predicted molar refractivity (Wildman–Crippen MR) is 147 cm³/mol. The number of hydrogen-bond acceptors (Lipinski definition) is 3. The van der Waals surface area contributed by atoms with Crippen LogP contribution < -0.4 is 5.32 Å². The summed E-state index contributed by atoms with van der Waals surface area (Å²) in [6.07, 6.45) is 2.18. The summed E-state index contributed by atoms with van der Waals surface area (Å²) in [6, 6.07) is 23.0. The number of carbonyl (C=O) groups is 1. The highest BCUT2D eigenvalue weighted by molar-refractivity contribution is 6.23. The molecule has 2 amide bonds. The minimum atomic E-state index is -0.00283. The maximum atomic E-state index is 13.3. The summed E-state index contributed by atoms with van der Waals surface area (Å²) in [5.41, 5.74) is 4.46. The van der Waals surface area contributed by atoms with Crippen molar-refractivity contribution in [2.24, 2.45) is 17.3 Å². The molecular weight excluding hydrogens is 444 g/mol. The van der Waals surface area contributed by atoms with Gasteiger partial charge in [0.05, 0.1) is 22.1 Å². The Morgan fingerprint density at radius 2 is 1.50 bits per heavy atom. The maximum absolute atomic E-state index is 13.3. The number of hydrogen-bond donors (Lipinski definition) is 1. The van der Waals surface area contributed by atoms with Crippen LogP contribution in [0.2, 0.25) is 0 Å². The van der Waals surface area contributed by atoms with Crippen LogP contribution in [0.4, 0.5) is 10.5 Å². The number of benzene rings is 4. The van der Waals surface area contributed by atoms with Crippen LogP contribution in [0.15, 0.2) is 66.7 Å². The van der Waals surface area contributed by atoms with Gasteiger partial charge in [-0.2, -0.15) is 0 Å². The average Bonchev–Trinajstić information content (AvgIpc) is 3.26. The molecule has 0 unspecified atom stereocenters. The zero-order valence-corrected chi connectivity index (χ0v) is 21.0. The molecule has 2 heterocycles. The molecule has 1 aromatic heterocycles. The predicted octanol–water partition coefficient (Wildman–Crippen LogP) is 7.38. The molecule has 5 heteroatoms. The van der Waals surface area contributed by atoms with Gasteiger partial charge in [0.25, 0.3) is 0 Å². The van der Waals surface area contributed by atoms with Crippen molar-refractivity contribution in [1.29, 1.82) is 0 Å². The van der Waals surface area contributed by atoms with E-state index in [1.165, 1.54) is 10.8 Å². The van der Waals surface area contributed by atoms with Gasteiger partial charge in [0, 0.05) is 29.0 Å². The number of amides is 2. The molecule has 1 aliphatic carbocycles. The largest absolute Gasteiger partial charge is 0.322 e. The van der Waals surface area contributed by atoms with Gasteiger partial charge in [0.1, 0.15) is 0 Å². The van der Waals surface area contributed by atoms with Gasteiger partial charge >= 0.3 is 6.03 Å². The number of nitrogens with one attached hydrogen (secondary N) is 1. The van der Waals surface area contributed by atoms with Crippen molar-refractivity contribution >= 4 is 55.3 Å². The fourth-order valence-corrected chi connectivity index (χ4v) is 6.74. The summed E-state index contributed by atoms with van der Waals surface area (Å²) in [7, 11) is 0. The first-order valence-electron chi connectivity index (χ1n) is 13.0. The van der Waals surface area contributed by atoms with E-state index in [4.69, 9.17) is 9.97 Å². The van der Waals surface area contributed by atoms with E-state index in [2.05, 4.69) is 73.5 Å². The molecule has 5 aromatic rings. The second-order valence-electron chi connectivity index (χ2n) is 11.4. The number of carbonyl (C=O) groups excluding carboxylic acids is 1. The molecule has 0 spiro atoms. The second-order valence-corrected chi connectivity index (χ2v) is 11.4. The standard InChI is InChI=1S/C31H30N4O/c1-18-19-14-21(16-31(18,2)3)35(17-19)30(36)32-20-12-13-26-27(15-20)34-29-25-11-7-5-9-23(25)22-8-4-6-10-24(22)28(29)33-26/h4-13,15,18-19,21H,14,16-17H2,1-3H3,(H,32,36)/t18-,19+,21+/m1/s1. The number of rotatable bonds is 1. The molecule has 4 aromatic carbocycles. The Labute approximate surface area is 210 Å². The summed E-state index contributed by atoms with van der Waals surface area (Å²) in [4.78, 5) is 25.5. The average molecular weight is 475 g/mol. The van der Waals surface area contributed by atoms with Gasteiger partial charge < -0.3 is 10.2 Å². The Hall–Kier alpha value is -3.73. The van der Waals surface area contributed by atoms with Gasteiger partial charge in [-0.3, -0.25) is 0 Å². The van der Waals surface area contributed by atoms with Crippen molar-refractivity contribution in [3.63, 3.8) is 0 Å². The van der Waals surface area contributed by atoms with Gasteiger partial charge in [0.15, 0.2) is 0 Å². The Bertz CT molecular complexity index is 1690. The molecule has 5 nitrogen and oxygen atoms in total. The smallest absolute Gasteiger partial charge is 0.321 e. The SMILES string of the molecule is C[C@@H]1[C@H]2C[C@@H](CC1(C)C)N(C(=O)Nc1ccc3nc4c5ccccc5c5ccccc5c4nc3c1)C2. The summed E-state index contributed by atoms with van der Waals surface area (Å²) < 4.78 is 0. The zero-order chi connectivity index (χ0) is 24.6. The van der Waals surface area contributed by atoms with Crippen LogP contribution >= 0.6 is 0 Å². The molecule has 1 N–H and O–H groups in total. The van der Waals surface area contributed by atoms with Crippen molar-refractivity contribution in [2.45, 2.75) is 39.7 Å². The van der Waals surface area contributed by atoms with Crippen molar-refractivity contribution < 1.29 is 4.79 Å². The Morgan fingerprint density at radius 1 is 0.889 bits per heavy atom. The highest BCUT2D eigenvalue weighted by Gasteiger charge is 2.48. The number of urea groups is 1. The van der Waals surface area contributed by atoms with Crippen molar-refractivity contribution in [2.75, 3.05) is 11.9 Å². The molecule has 2 aliphatic rings. The van der Waals surface area contributed by atoms with Crippen molar-refractivity contribution in [3.8, 4) is 0 Å². The summed E-state index contributed by atoms with van der Waals surface area (Å²) in [6.45, 7) is 7.88. The molecule has 0 radical (unpaired) electrons. The molecule has 180 valence electrons. The van der Waals surface area contributed by atoms with Gasteiger partial charge in [-0.15, -0.1) is 0 Å². The van der Waals surface area contributed by atoms with Crippen LogP contribution in [0.5, 0.6) is 0 Å². The molecule has 1 saturated carbocycles. The van der Waals surface area contributed by atoms with Gasteiger partial charge in [0.2, 0.25) is 0 Å². The van der Waals surface area contributed by atoms with Crippen LogP contribution in [0, 0.1) is 17.3 Å². The molecular formula is C31H30N4O. The summed E-state index contributed by atoms with van der Waals surface area (Å²) in [5.74, 6) is 1.21. The maximum Gasteiger partial charge on any atom is 0.322 e. The van der Waals surface area contributed by atoms with E-state index in [1.54, 1.807) is 0 Å². The van der Waals surface area contributed by atoms with Crippen molar-refractivity contribution in [1.82, 2.24) is 14.9 Å². The monoisotopic (exact) mass is 474 g/mol. The lowest BCUT2D eigenvalue weighted by Gasteiger charge is -2.40. The van der Waals surface area contributed by atoms with Crippen LogP contribution in [0.3, 0.4) is 0 Å². The van der Waals surface area contributed by atoms with Crippen LogP contribution in [0.1, 0.15) is 33.6 Å². The quantitative estimate of drug-likeness (QED) is 0.204. The molecule has 1 aliphatic heterocycles. The lowest BCUT2D eigenvalue weighted by atomic mass is 9.65. The van der Waals surface area contributed by atoms with E-state index in [0.29, 0.717) is 17.9 Å². The van der Waals surface area contributed by atoms with E-state index in [-0.39, 0.29) is 11.4 Å². The fourth-order valence-electron chi connectivity index (χ4n) is 6.74. The van der Waals surface area contributed by atoms with E-state index >= 15 is 0 Å². The van der Waals surface area contributed by atoms with E-state index in [0.717, 1.165) is 57.9 Å². The third-order valence-electron chi connectivity index (χ3n) is 8.98. The lowest BCUT2D eigenvalue weighted by Crippen LogP contribution is -2.41. The number of aromatic nitrogens is 2. The molecule has 36 heavy (non-hydrogen) atoms. The zero-order valence-electron chi connectivity index (χ0n) is 21.0. The van der Waals surface area contributed by atoms with Gasteiger partial charge in [-0.25, -0.2) is 14.8 Å². The van der Waals surface area contributed by atoms with Crippen molar-refractivity contribution in [3.05, 3.63) is 66.7 Å². The third-order valence-corrected chi connectivity index (χ3v) is 8.98. The van der Waals surface area contributed by atoms with Crippen LogP contribution in [0.25, 0.3) is 43.6 Å². The van der Waals surface area contributed by atoms with E-state index in [9.17, 15) is 4.79 Å². The highest BCUT2D eigenvalue weighted by Crippen LogP contribution is 2.49. The summed E-state index contributed by atoms with van der Waals surface area (Å²) in [5, 5.41) is 7.73. The lowest BCUT2D eigenvalue weighted by molar-refractivity contribution is 0.104. The Balaban J connectivity index is 1.28. The van der Waals surface area contributed by atoms with E-state index in [1.807, 2.05) is 24.3 Å². The van der Waals surface area contributed by atoms with Crippen LogP contribution in [-0.2, 0) is 0 Å². The van der Waals surface area contributed by atoms with Gasteiger partial charge in [-0.1, -0.05) is 69.3 Å². The topological polar surface area (TPSA) is 58.1 Å². The highest BCUT2D eigenvalue weighted by atomic mass is 16.2. The van der Waals surface area contributed by atoms with Gasteiger partial charge in [-0.05, 0) is 59.1 Å². The number of anilines is 1. The summed E-state index contributed by atoms with van der Waals surface area (Å²) >= 11 is 0. The second kappa shape index (κ2) is 7.63. The number of nitrogens with zero attached hydrogens (tertiary/aromatic N) is 3. The molecule has 1 saturated heterocycles. The van der Waals surface area contributed by atoms with Crippen LogP contribution in [-0.4, -0.2) is 33.5 Å². The Morgan fingerprint density at radius 3 is 2.17 bits per heavy atom. The normalized spacial score (nSPS) is 23.1.